The third-order valence-corrected chi connectivity index (χ3v) is 4.63. The van der Waals surface area contributed by atoms with Gasteiger partial charge in [0.15, 0.2) is 0 Å². The van der Waals surface area contributed by atoms with Crippen LogP contribution in [-0.2, 0) is 0 Å². The van der Waals surface area contributed by atoms with Gasteiger partial charge in [-0.15, -0.1) is 23.4 Å². The number of benzene rings is 2. The molecule has 0 radical (unpaired) electrons. The Morgan fingerprint density at radius 2 is 1.50 bits per heavy atom. The first-order valence-electron chi connectivity index (χ1n) is 5.35. The molecule has 4 heteroatoms. The van der Waals surface area contributed by atoms with Crippen molar-refractivity contribution in [2.24, 2.45) is 0 Å². The molecule has 1 atom stereocenters. The average molecular weight is 318 g/mol. The zero-order valence-corrected chi connectivity index (χ0v) is 12.7. The molecule has 0 bridgehead atoms. The van der Waals surface area contributed by atoms with Gasteiger partial charge in [0.1, 0.15) is 0 Å². The van der Waals surface area contributed by atoms with E-state index in [0.717, 1.165) is 11.1 Å². The highest BCUT2D eigenvalue weighted by Crippen LogP contribution is 2.33. The van der Waals surface area contributed by atoms with Crippen molar-refractivity contribution >= 4 is 46.6 Å². The van der Waals surface area contributed by atoms with Gasteiger partial charge in [0.25, 0.3) is 0 Å². The van der Waals surface area contributed by atoms with Crippen molar-refractivity contribution in [2.75, 3.05) is 6.26 Å². The molecule has 0 heterocycles. The van der Waals surface area contributed by atoms with Gasteiger partial charge < -0.3 is 0 Å². The zero-order chi connectivity index (χ0) is 13.1. The van der Waals surface area contributed by atoms with Gasteiger partial charge >= 0.3 is 0 Å². The molecule has 0 spiro atoms. The van der Waals surface area contributed by atoms with E-state index in [2.05, 4.69) is 12.1 Å². The summed E-state index contributed by atoms with van der Waals surface area (Å²) in [5, 5.41) is 0.859. The quantitative estimate of drug-likeness (QED) is 0.491. The van der Waals surface area contributed by atoms with Crippen molar-refractivity contribution in [3.63, 3.8) is 0 Å². The molecule has 0 aliphatic rings. The molecule has 0 saturated heterocycles. The third-order valence-electron chi connectivity index (χ3n) is 2.64. The number of halogens is 3. The Kier molecular flexibility index (Phi) is 4.85. The molecule has 0 N–H and O–H groups in total. The Hall–Kier alpha value is -0.340. The minimum absolute atomic E-state index is 0.212. The Labute approximate surface area is 126 Å². The third kappa shape index (κ3) is 3.16. The van der Waals surface area contributed by atoms with E-state index in [4.69, 9.17) is 34.8 Å². The van der Waals surface area contributed by atoms with E-state index in [-0.39, 0.29) is 5.38 Å². The van der Waals surface area contributed by atoms with E-state index >= 15 is 0 Å². The summed E-state index contributed by atoms with van der Waals surface area (Å²) in [6.45, 7) is 0. The number of alkyl halides is 1. The highest BCUT2D eigenvalue weighted by molar-refractivity contribution is 7.98. The van der Waals surface area contributed by atoms with Crippen LogP contribution in [0, 0.1) is 0 Å². The second-order valence-corrected chi connectivity index (χ2v) is 5.94. The molecule has 2 aromatic rings. The highest BCUT2D eigenvalue weighted by Gasteiger charge is 2.12. The maximum atomic E-state index is 6.44. The molecule has 0 saturated carbocycles. The van der Waals surface area contributed by atoms with Gasteiger partial charge in [-0.1, -0.05) is 41.4 Å². The van der Waals surface area contributed by atoms with E-state index in [1.807, 2.05) is 30.5 Å². The van der Waals surface area contributed by atoms with Gasteiger partial charge in [0.2, 0.25) is 0 Å². The minimum atomic E-state index is -0.212. The first-order chi connectivity index (χ1) is 8.61. The molecule has 0 nitrogen and oxygen atoms in total. The lowest BCUT2D eigenvalue weighted by atomic mass is 10.0. The van der Waals surface area contributed by atoms with Crippen molar-refractivity contribution in [2.45, 2.75) is 10.3 Å². The Morgan fingerprint density at radius 1 is 0.889 bits per heavy atom. The lowest BCUT2D eigenvalue weighted by molar-refractivity contribution is 1.13. The lowest BCUT2D eigenvalue weighted by Gasteiger charge is -2.11. The number of hydrogen-bond acceptors (Lipinski definition) is 1. The van der Waals surface area contributed by atoms with Gasteiger partial charge in [-0.25, -0.2) is 0 Å². The molecule has 0 aliphatic carbocycles. The highest BCUT2D eigenvalue weighted by atomic mass is 35.5. The van der Waals surface area contributed by atoms with Gasteiger partial charge in [-0.2, -0.15) is 0 Å². The van der Waals surface area contributed by atoms with Crippen LogP contribution in [0.25, 0.3) is 0 Å². The molecule has 0 amide bonds. The van der Waals surface area contributed by atoms with Crippen LogP contribution in [0.2, 0.25) is 10.0 Å². The summed E-state index contributed by atoms with van der Waals surface area (Å²) in [5.41, 5.74) is 2.00. The van der Waals surface area contributed by atoms with Crippen molar-refractivity contribution < 1.29 is 0 Å². The SMILES string of the molecule is CSc1ccc(C(Cl)c2ccc(Cl)c(Cl)c2)cc1. The van der Waals surface area contributed by atoms with Crippen molar-refractivity contribution in [3.8, 4) is 0 Å². The van der Waals surface area contributed by atoms with Crippen LogP contribution in [0.3, 0.4) is 0 Å². The Morgan fingerprint density at radius 3 is 2.06 bits per heavy atom. The Balaban J connectivity index is 2.28. The van der Waals surface area contributed by atoms with Crippen LogP contribution >= 0.6 is 46.6 Å². The lowest BCUT2D eigenvalue weighted by Crippen LogP contribution is -1.93. The van der Waals surface area contributed by atoms with Gasteiger partial charge in [-0.05, 0) is 41.6 Å². The second-order valence-electron chi connectivity index (χ2n) is 3.81. The fraction of sp³-hybridized carbons (Fsp3) is 0.143. The normalized spacial score (nSPS) is 12.4. The predicted molar refractivity (Wildman–Crippen MR) is 82.4 cm³/mol. The maximum absolute atomic E-state index is 6.44. The molecule has 2 aromatic carbocycles. The summed E-state index contributed by atoms with van der Waals surface area (Å²) in [6.07, 6.45) is 2.05. The molecule has 0 aromatic heterocycles. The monoisotopic (exact) mass is 316 g/mol. The van der Waals surface area contributed by atoms with Crippen LogP contribution in [0.1, 0.15) is 16.5 Å². The number of rotatable bonds is 3. The largest absolute Gasteiger partial charge is 0.130 e. The van der Waals surface area contributed by atoms with Crippen molar-refractivity contribution in [1.82, 2.24) is 0 Å². The summed E-state index contributed by atoms with van der Waals surface area (Å²) in [4.78, 5) is 1.22. The number of hydrogen-bond donors (Lipinski definition) is 0. The van der Waals surface area contributed by atoms with Crippen molar-refractivity contribution in [3.05, 3.63) is 63.6 Å². The molecule has 94 valence electrons. The van der Waals surface area contributed by atoms with E-state index < -0.39 is 0 Å². The average Bonchev–Trinajstić information content (AvgIpc) is 2.41. The van der Waals surface area contributed by atoms with Crippen molar-refractivity contribution in [1.29, 1.82) is 0 Å². The molecule has 18 heavy (non-hydrogen) atoms. The second kappa shape index (κ2) is 6.21. The van der Waals surface area contributed by atoms with Crippen LogP contribution in [0.5, 0.6) is 0 Å². The van der Waals surface area contributed by atoms with Crippen LogP contribution in [-0.4, -0.2) is 6.26 Å². The summed E-state index contributed by atoms with van der Waals surface area (Å²) in [5.74, 6) is 0. The molecule has 0 fully saturated rings. The first-order valence-corrected chi connectivity index (χ1v) is 7.76. The summed E-state index contributed by atoms with van der Waals surface area (Å²) in [7, 11) is 0. The van der Waals surface area contributed by atoms with Gasteiger partial charge in [-0.3, -0.25) is 0 Å². The first kappa shape index (κ1) is 14.1. The van der Waals surface area contributed by atoms with Gasteiger partial charge in [0, 0.05) is 4.90 Å². The molecular weight excluding hydrogens is 307 g/mol. The molecule has 2 rings (SSSR count). The maximum Gasteiger partial charge on any atom is 0.0836 e. The van der Waals surface area contributed by atoms with Crippen LogP contribution in [0.4, 0.5) is 0 Å². The summed E-state index contributed by atoms with van der Waals surface area (Å²) in [6, 6.07) is 13.7. The Bertz CT molecular complexity index is 537. The standard InChI is InChI=1S/C14H11Cl3S/c1-18-11-5-2-9(3-6-11)14(17)10-4-7-12(15)13(16)8-10/h2-8,14H,1H3. The molecule has 0 aliphatic heterocycles. The summed E-state index contributed by atoms with van der Waals surface area (Å²) < 4.78 is 0. The minimum Gasteiger partial charge on any atom is -0.130 e. The van der Waals surface area contributed by atoms with Crippen LogP contribution in [0.15, 0.2) is 47.4 Å². The predicted octanol–water partition coefficient (Wildman–Crippen LogP) is 6.04. The van der Waals surface area contributed by atoms with E-state index in [9.17, 15) is 0 Å². The zero-order valence-electron chi connectivity index (χ0n) is 9.66. The summed E-state index contributed by atoms with van der Waals surface area (Å²) >= 11 is 20.0. The smallest absolute Gasteiger partial charge is 0.0836 e. The van der Waals surface area contributed by atoms with E-state index in [0.29, 0.717) is 10.0 Å². The number of thioether (sulfide) groups is 1. The molecule has 1 unspecified atom stereocenters. The van der Waals surface area contributed by atoms with E-state index in [1.54, 1.807) is 17.8 Å². The molecular formula is C14H11Cl3S. The van der Waals surface area contributed by atoms with E-state index in [1.165, 1.54) is 4.90 Å². The fourth-order valence-electron chi connectivity index (χ4n) is 1.64. The fourth-order valence-corrected chi connectivity index (χ4v) is 2.63. The van der Waals surface area contributed by atoms with Gasteiger partial charge in [0.05, 0.1) is 15.4 Å². The topological polar surface area (TPSA) is 0 Å². The van der Waals surface area contributed by atoms with Crippen LogP contribution < -0.4 is 0 Å².